The van der Waals surface area contributed by atoms with Crippen LogP contribution in [0.3, 0.4) is 0 Å². The fourth-order valence-electron chi connectivity index (χ4n) is 8.66. The van der Waals surface area contributed by atoms with Crippen LogP contribution in [0.15, 0.2) is 215 Å². The molecule has 0 saturated carbocycles. The SMILES string of the molecule is C=C(N=C(N=C(C)c1ccccc1)c1ccccc1)c1cccc2oc3ccc(N4c5ccc(-c6ccccc6)cc5C(C)(C)c5cc(-c6ccccc6)ccc54)cc3c12. The summed E-state index contributed by atoms with van der Waals surface area (Å²) in [6.07, 6.45) is 0. The first-order valence-electron chi connectivity index (χ1n) is 20.4. The van der Waals surface area contributed by atoms with Gasteiger partial charge in [0, 0.05) is 38.7 Å². The van der Waals surface area contributed by atoms with E-state index in [4.69, 9.17) is 14.4 Å². The molecule has 8 aromatic carbocycles. The van der Waals surface area contributed by atoms with Gasteiger partial charge in [-0.2, -0.15) is 0 Å². The second-order valence-electron chi connectivity index (χ2n) is 15.9. The number of rotatable bonds is 7. The summed E-state index contributed by atoms with van der Waals surface area (Å²) < 4.78 is 6.56. The van der Waals surface area contributed by atoms with Crippen LogP contribution in [0.2, 0.25) is 0 Å². The molecule has 0 spiro atoms. The molecule has 0 N–H and O–H groups in total. The normalized spacial score (nSPS) is 13.6. The first-order chi connectivity index (χ1) is 29.3. The Morgan fingerprint density at radius 1 is 0.517 bits per heavy atom. The summed E-state index contributed by atoms with van der Waals surface area (Å²) in [5.74, 6) is 0.598. The van der Waals surface area contributed by atoms with Crippen LogP contribution in [-0.4, -0.2) is 11.5 Å². The van der Waals surface area contributed by atoms with E-state index in [2.05, 4.69) is 159 Å². The van der Waals surface area contributed by atoms with Crippen molar-refractivity contribution in [1.82, 2.24) is 0 Å². The van der Waals surface area contributed by atoms with Gasteiger partial charge in [-0.3, -0.25) is 0 Å². The van der Waals surface area contributed by atoms with Crippen LogP contribution in [-0.2, 0) is 5.41 Å². The molecule has 9 aromatic rings. The van der Waals surface area contributed by atoms with Crippen LogP contribution >= 0.6 is 0 Å². The molecule has 1 aliphatic rings. The first-order valence-corrected chi connectivity index (χ1v) is 20.4. The molecule has 0 amide bonds. The Hall–Kier alpha value is -7.56. The predicted molar refractivity (Wildman–Crippen MR) is 252 cm³/mol. The zero-order valence-corrected chi connectivity index (χ0v) is 33.9. The maximum absolute atomic E-state index is 6.56. The fraction of sp³-hybridized carbons (Fsp3) is 0.0714. The molecule has 288 valence electrons. The van der Waals surface area contributed by atoms with Crippen molar-refractivity contribution in [3.8, 4) is 22.3 Å². The van der Waals surface area contributed by atoms with Gasteiger partial charge in [-0.25, -0.2) is 9.98 Å². The average Bonchev–Trinajstić information content (AvgIpc) is 3.68. The lowest BCUT2D eigenvalue weighted by Crippen LogP contribution is -2.30. The second kappa shape index (κ2) is 15.0. The number of anilines is 3. The fourth-order valence-corrected chi connectivity index (χ4v) is 8.66. The highest BCUT2D eigenvalue weighted by Gasteiger charge is 2.37. The molecule has 4 nitrogen and oxygen atoms in total. The topological polar surface area (TPSA) is 41.1 Å². The summed E-state index contributed by atoms with van der Waals surface area (Å²) in [7, 11) is 0. The Balaban J connectivity index is 1.14. The highest BCUT2D eigenvalue weighted by Crippen LogP contribution is 2.54. The molecule has 10 rings (SSSR count). The van der Waals surface area contributed by atoms with E-state index in [1.54, 1.807) is 0 Å². The highest BCUT2D eigenvalue weighted by molar-refractivity contribution is 6.15. The highest BCUT2D eigenvalue weighted by atomic mass is 16.3. The van der Waals surface area contributed by atoms with Gasteiger partial charge in [0.2, 0.25) is 0 Å². The number of amidine groups is 1. The van der Waals surface area contributed by atoms with Crippen molar-refractivity contribution in [2.75, 3.05) is 4.90 Å². The maximum Gasteiger partial charge on any atom is 0.160 e. The van der Waals surface area contributed by atoms with Crippen molar-refractivity contribution in [3.63, 3.8) is 0 Å². The number of aliphatic imine (C=N–C) groups is 2. The summed E-state index contributed by atoms with van der Waals surface area (Å²) in [6, 6.07) is 68.1. The Morgan fingerprint density at radius 3 is 1.65 bits per heavy atom. The van der Waals surface area contributed by atoms with Crippen LogP contribution < -0.4 is 4.90 Å². The van der Waals surface area contributed by atoms with Crippen molar-refractivity contribution in [3.05, 3.63) is 229 Å². The Morgan fingerprint density at radius 2 is 1.07 bits per heavy atom. The molecular formula is C56H43N3O. The Labute approximate surface area is 351 Å². The number of hydrogen-bond acceptors (Lipinski definition) is 3. The van der Waals surface area contributed by atoms with Gasteiger partial charge in [-0.15, -0.1) is 0 Å². The molecule has 0 unspecified atom stereocenters. The third-order valence-electron chi connectivity index (χ3n) is 11.8. The quantitative estimate of drug-likeness (QED) is 0.120. The molecule has 0 fully saturated rings. The molecule has 2 heterocycles. The van der Waals surface area contributed by atoms with Gasteiger partial charge in [-0.05, 0) is 94.4 Å². The summed E-state index contributed by atoms with van der Waals surface area (Å²) in [4.78, 5) is 12.6. The molecule has 0 saturated heterocycles. The van der Waals surface area contributed by atoms with Crippen molar-refractivity contribution >= 4 is 56.2 Å². The van der Waals surface area contributed by atoms with E-state index in [0.717, 1.165) is 61.4 Å². The van der Waals surface area contributed by atoms with Crippen molar-refractivity contribution < 1.29 is 4.42 Å². The lowest BCUT2D eigenvalue weighted by atomic mass is 9.72. The molecule has 0 aliphatic carbocycles. The van der Waals surface area contributed by atoms with E-state index < -0.39 is 0 Å². The largest absolute Gasteiger partial charge is 0.456 e. The molecule has 1 aromatic heterocycles. The van der Waals surface area contributed by atoms with Gasteiger partial charge in [0.1, 0.15) is 11.2 Å². The van der Waals surface area contributed by atoms with Crippen LogP contribution in [0.1, 0.15) is 48.6 Å². The monoisotopic (exact) mass is 773 g/mol. The van der Waals surface area contributed by atoms with E-state index in [1.807, 2.05) is 67.6 Å². The van der Waals surface area contributed by atoms with Gasteiger partial charge in [0.05, 0.1) is 17.1 Å². The van der Waals surface area contributed by atoms with Gasteiger partial charge in [0.25, 0.3) is 0 Å². The third-order valence-corrected chi connectivity index (χ3v) is 11.8. The molecule has 4 heteroatoms. The summed E-state index contributed by atoms with van der Waals surface area (Å²) in [5.41, 5.74) is 16.3. The standard InChI is InChI=1S/C56H43N3O/c1-37(39-18-9-5-10-19-39)57-55(42-24-15-8-16-25-42)58-38(2)46-26-17-27-53-54(46)47-36-45(30-33-52(47)60-53)59-50-31-28-43(40-20-11-6-12-21-40)34-48(50)56(3,4)49-35-44(29-32-51(49)59)41-22-13-7-14-23-41/h5-36H,2H2,1,3-4H3. The van der Waals surface area contributed by atoms with Crippen LogP contribution in [0.5, 0.6) is 0 Å². The summed E-state index contributed by atoms with van der Waals surface area (Å²) in [6.45, 7) is 11.3. The zero-order valence-electron chi connectivity index (χ0n) is 33.9. The second-order valence-corrected chi connectivity index (χ2v) is 15.9. The lowest BCUT2D eigenvalue weighted by Gasteiger charge is -2.42. The summed E-state index contributed by atoms with van der Waals surface area (Å²) in [5, 5.41) is 1.96. The van der Waals surface area contributed by atoms with E-state index in [-0.39, 0.29) is 5.41 Å². The molecule has 1 aliphatic heterocycles. The third kappa shape index (κ3) is 6.53. The van der Waals surface area contributed by atoms with Gasteiger partial charge in [0.15, 0.2) is 5.84 Å². The lowest BCUT2D eigenvalue weighted by molar-refractivity contribution is 0.632. The Kier molecular flexibility index (Phi) is 9.18. The number of nitrogens with zero attached hydrogens (tertiary/aromatic N) is 3. The number of furan rings is 1. The van der Waals surface area contributed by atoms with Gasteiger partial charge < -0.3 is 9.32 Å². The molecule has 0 atom stereocenters. The van der Waals surface area contributed by atoms with Gasteiger partial charge in [-0.1, -0.05) is 166 Å². The molecule has 0 radical (unpaired) electrons. The van der Waals surface area contributed by atoms with Gasteiger partial charge >= 0.3 is 0 Å². The van der Waals surface area contributed by atoms with Crippen LogP contribution in [0.4, 0.5) is 17.1 Å². The van der Waals surface area contributed by atoms with Crippen molar-refractivity contribution in [1.29, 1.82) is 0 Å². The van der Waals surface area contributed by atoms with E-state index in [0.29, 0.717) is 11.5 Å². The van der Waals surface area contributed by atoms with Crippen molar-refractivity contribution in [2.45, 2.75) is 26.2 Å². The van der Waals surface area contributed by atoms with E-state index in [1.165, 1.54) is 33.4 Å². The number of benzene rings is 8. The molecule has 60 heavy (non-hydrogen) atoms. The van der Waals surface area contributed by atoms with E-state index >= 15 is 0 Å². The Bertz CT molecular complexity index is 3030. The minimum Gasteiger partial charge on any atom is -0.456 e. The van der Waals surface area contributed by atoms with Crippen LogP contribution in [0, 0.1) is 0 Å². The minimum atomic E-state index is -0.288. The minimum absolute atomic E-state index is 0.288. The zero-order chi connectivity index (χ0) is 40.8. The van der Waals surface area contributed by atoms with Crippen LogP contribution in [0.25, 0.3) is 49.9 Å². The van der Waals surface area contributed by atoms with Crippen molar-refractivity contribution in [2.24, 2.45) is 9.98 Å². The number of hydrogen-bond donors (Lipinski definition) is 0. The smallest absolute Gasteiger partial charge is 0.160 e. The average molecular weight is 774 g/mol. The van der Waals surface area contributed by atoms with E-state index in [9.17, 15) is 0 Å². The first kappa shape index (κ1) is 36.8. The molecular weight excluding hydrogens is 731 g/mol. The molecule has 0 bridgehead atoms. The maximum atomic E-state index is 6.56. The predicted octanol–water partition coefficient (Wildman–Crippen LogP) is 15.0. The number of fused-ring (bicyclic) bond motifs is 5. The summed E-state index contributed by atoms with van der Waals surface area (Å²) >= 11 is 0.